The summed E-state index contributed by atoms with van der Waals surface area (Å²) in [4.78, 5) is 22.1. The van der Waals surface area contributed by atoms with Crippen molar-refractivity contribution in [1.82, 2.24) is 24.6 Å². The molecule has 1 amide bonds. The largest absolute Gasteiger partial charge is 0.368 e. The number of hydrogen-bond acceptors (Lipinski definition) is 8. The number of nitrogens with zero attached hydrogens (tertiary/aromatic N) is 9. The van der Waals surface area contributed by atoms with Crippen molar-refractivity contribution in [3.63, 3.8) is 0 Å². The van der Waals surface area contributed by atoms with Crippen molar-refractivity contribution in [3.05, 3.63) is 70.7 Å². The normalized spacial score (nSPS) is 16.3. The van der Waals surface area contributed by atoms with Crippen LogP contribution >= 0.6 is 0 Å². The van der Waals surface area contributed by atoms with Crippen LogP contribution in [0.4, 0.5) is 11.5 Å². The Morgan fingerprint density at radius 1 is 0.921 bits per heavy atom. The van der Waals surface area contributed by atoms with E-state index in [1.54, 1.807) is 6.07 Å². The van der Waals surface area contributed by atoms with Crippen LogP contribution in [0.5, 0.6) is 0 Å². The monoisotopic (exact) mass is 509 g/mol. The number of hydrogen-bond donors (Lipinski definition) is 0. The van der Waals surface area contributed by atoms with Crippen molar-refractivity contribution in [1.29, 1.82) is 10.5 Å². The van der Waals surface area contributed by atoms with Gasteiger partial charge in [-0.1, -0.05) is 12.1 Å². The Balaban J connectivity index is 1.20. The van der Waals surface area contributed by atoms with E-state index in [-0.39, 0.29) is 5.91 Å². The van der Waals surface area contributed by atoms with E-state index >= 15 is 0 Å². The molecule has 1 aromatic carbocycles. The summed E-state index contributed by atoms with van der Waals surface area (Å²) in [6.45, 7) is 8.71. The lowest BCUT2D eigenvalue weighted by Gasteiger charge is -2.36. The van der Waals surface area contributed by atoms with E-state index in [1.165, 1.54) is 11.8 Å². The number of nitriles is 2. The minimum atomic E-state index is 0.0269. The summed E-state index contributed by atoms with van der Waals surface area (Å²) in [6.07, 6.45) is 1.52. The van der Waals surface area contributed by atoms with E-state index in [2.05, 4.69) is 39.1 Å². The molecule has 0 spiro atoms. The fraction of sp³-hybridized carbons (Fsp3) is 0.393. The molecule has 2 saturated heterocycles. The van der Waals surface area contributed by atoms with Gasteiger partial charge in [0.05, 0.1) is 23.0 Å². The zero-order valence-electron chi connectivity index (χ0n) is 21.8. The Morgan fingerprint density at radius 3 is 2.32 bits per heavy atom. The Labute approximate surface area is 222 Å². The highest BCUT2D eigenvalue weighted by Gasteiger charge is 2.27. The third-order valence-electron chi connectivity index (χ3n) is 7.68. The molecule has 0 bridgehead atoms. The summed E-state index contributed by atoms with van der Waals surface area (Å²) in [6, 6.07) is 15.9. The molecule has 0 radical (unpaired) electrons. The van der Waals surface area contributed by atoms with Gasteiger partial charge in [-0.15, -0.1) is 5.10 Å². The van der Waals surface area contributed by atoms with Crippen molar-refractivity contribution in [2.75, 3.05) is 62.2 Å². The Bertz CT molecular complexity index is 1400. The first-order chi connectivity index (χ1) is 18.5. The van der Waals surface area contributed by atoms with Gasteiger partial charge in [0.2, 0.25) is 0 Å². The zero-order chi connectivity index (χ0) is 26.6. The second-order valence-electron chi connectivity index (χ2n) is 9.75. The summed E-state index contributed by atoms with van der Waals surface area (Å²) < 4.78 is 2.00. The third-order valence-corrected chi connectivity index (χ3v) is 7.68. The first-order valence-electron chi connectivity index (χ1n) is 12.9. The van der Waals surface area contributed by atoms with Gasteiger partial charge in [0.15, 0.2) is 5.82 Å². The summed E-state index contributed by atoms with van der Waals surface area (Å²) in [5.41, 5.74) is 5.18. The second-order valence-corrected chi connectivity index (χ2v) is 9.75. The fourth-order valence-electron chi connectivity index (χ4n) is 5.29. The van der Waals surface area contributed by atoms with Crippen molar-refractivity contribution < 1.29 is 4.79 Å². The Morgan fingerprint density at radius 2 is 1.61 bits per heavy atom. The maximum atomic E-state index is 13.5. The maximum absolute atomic E-state index is 13.5. The molecule has 2 aliphatic rings. The molecule has 2 fully saturated rings. The maximum Gasteiger partial charge on any atom is 0.270 e. The van der Waals surface area contributed by atoms with Crippen LogP contribution < -0.4 is 9.80 Å². The summed E-state index contributed by atoms with van der Waals surface area (Å²) >= 11 is 0. The van der Waals surface area contributed by atoms with Crippen molar-refractivity contribution in [3.8, 4) is 12.1 Å². The van der Waals surface area contributed by atoms with Crippen LogP contribution in [0.1, 0.15) is 32.9 Å². The predicted molar refractivity (Wildman–Crippen MR) is 144 cm³/mol. The van der Waals surface area contributed by atoms with Crippen LogP contribution in [0.15, 0.2) is 42.6 Å². The number of piperazine rings is 2. The predicted octanol–water partition coefficient (Wildman–Crippen LogP) is 2.15. The Hall–Kier alpha value is -4.41. The average molecular weight is 510 g/mol. The number of aromatic nitrogens is 3. The van der Waals surface area contributed by atoms with Gasteiger partial charge in [-0.05, 0) is 36.8 Å². The quantitative estimate of drug-likeness (QED) is 0.515. The van der Waals surface area contributed by atoms with Gasteiger partial charge in [0.1, 0.15) is 17.8 Å². The highest BCUT2D eigenvalue weighted by atomic mass is 16.2. The van der Waals surface area contributed by atoms with Crippen LogP contribution in [0.2, 0.25) is 0 Å². The molecule has 3 aromatic rings. The van der Waals surface area contributed by atoms with Crippen LogP contribution in [0.3, 0.4) is 0 Å². The van der Waals surface area contributed by atoms with E-state index in [0.717, 1.165) is 44.1 Å². The number of anilines is 2. The zero-order valence-corrected chi connectivity index (χ0v) is 21.8. The molecule has 4 heterocycles. The third kappa shape index (κ3) is 4.91. The van der Waals surface area contributed by atoms with E-state index in [0.29, 0.717) is 48.8 Å². The summed E-state index contributed by atoms with van der Waals surface area (Å²) in [5.74, 6) is 0.606. The molecular weight excluding hydrogens is 478 g/mol. The first kappa shape index (κ1) is 25.2. The summed E-state index contributed by atoms with van der Waals surface area (Å²) in [7, 11) is 1.96. The molecule has 38 heavy (non-hydrogen) atoms. The van der Waals surface area contributed by atoms with Gasteiger partial charge in [0.25, 0.3) is 5.91 Å². The molecular formula is C28H31N9O. The van der Waals surface area contributed by atoms with E-state index < -0.39 is 0 Å². The molecule has 0 aliphatic carbocycles. The molecule has 2 aromatic heterocycles. The number of benzene rings is 1. The summed E-state index contributed by atoms with van der Waals surface area (Å²) in [5, 5.41) is 26.9. The molecule has 10 nitrogen and oxygen atoms in total. The average Bonchev–Trinajstić information content (AvgIpc) is 3.25. The fourth-order valence-corrected chi connectivity index (χ4v) is 5.29. The molecule has 194 valence electrons. The number of rotatable bonds is 5. The van der Waals surface area contributed by atoms with E-state index in [9.17, 15) is 15.3 Å². The van der Waals surface area contributed by atoms with Crippen LogP contribution in [-0.4, -0.2) is 82.8 Å². The van der Waals surface area contributed by atoms with Crippen LogP contribution in [0, 0.1) is 29.6 Å². The Kier molecular flexibility index (Phi) is 7.25. The SMILES string of the molecule is Cc1c(CN2CCN(c3ccccc3C#N)CC2)cc(C(=O)N2CCN(c3nnccc3C#N)CC2)n1C. The lowest BCUT2D eigenvalue weighted by Crippen LogP contribution is -2.49. The van der Waals surface area contributed by atoms with E-state index in [1.807, 2.05) is 51.7 Å². The lowest BCUT2D eigenvalue weighted by atomic mass is 10.1. The van der Waals surface area contributed by atoms with Gasteiger partial charge in [-0.25, -0.2) is 0 Å². The number of carbonyl (C=O) groups is 1. The van der Waals surface area contributed by atoms with Gasteiger partial charge in [0, 0.05) is 71.6 Å². The van der Waals surface area contributed by atoms with Crippen molar-refractivity contribution in [2.24, 2.45) is 7.05 Å². The standard InChI is InChI=1S/C28H31N9O/c1-21-24(20-34-9-11-35(12-10-34)25-6-4-3-5-22(25)18-29)17-26(33(21)2)28(38)37-15-13-36(14-16-37)27-23(19-30)7-8-31-32-27/h3-8,17H,9-16,20H2,1-2H3. The molecule has 0 atom stereocenters. The molecule has 10 heteroatoms. The van der Waals surface area contributed by atoms with E-state index in [4.69, 9.17) is 0 Å². The number of para-hydroxylation sites is 1. The number of carbonyl (C=O) groups excluding carboxylic acids is 1. The van der Waals surface area contributed by atoms with Gasteiger partial charge < -0.3 is 19.3 Å². The molecule has 0 N–H and O–H groups in total. The minimum Gasteiger partial charge on any atom is -0.368 e. The highest BCUT2D eigenvalue weighted by Crippen LogP contribution is 2.24. The molecule has 2 aliphatic heterocycles. The molecule has 5 rings (SSSR count). The van der Waals surface area contributed by atoms with Crippen LogP contribution in [-0.2, 0) is 13.6 Å². The van der Waals surface area contributed by atoms with Crippen molar-refractivity contribution >= 4 is 17.4 Å². The second kappa shape index (κ2) is 10.9. The first-order valence-corrected chi connectivity index (χ1v) is 12.9. The smallest absolute Gasteiger partial charge is 0.270 e. The minimum absolute atomic E-state index is 0.0269. The highest BCUT2D eigenvalue weighted by molar-refractivity contribution is 5.93. The molecule has 0 saturated carbocycles. The topological polar surface area (TPSA) is 108 Å². The molecule has 0 unspecified atom stereocenters. The van der Waals surface area contributed by atoms with Gasteiger partial charge in [-0.3, -0.25) is 9.69 Å². The van der Waals surface area contributed by atoms with Gasteiger partial charge >= 0.3 is 0 Å². The number of amides is 1. The van der Waals surface area contributed by atoms with Crippen molar-refractivity contribution in [2.45, 2.75) is 13.5 Å². The van der Waals surface area contributed by atoms with Crippen LogP contribution in [0.25, 0.3) is 0 Å². The van der Waals surface area contributed by atoms with Gasteiger partial charge in [-0.2, -0.15) is 15.6 Å². The lowest BCUT2D eigenvalue weighted by molar-refractivity contribution is 0.0736.